The maximum atomic E-state index is 11.7. The molecule has 0 spiro atoms. The van der Waals surface area contributed by atoms with Gasteiger partial charge in [0.2, 0.25) is 0 Å². The third-order valence-corrected chi connectivity index (χ3v) is 2.32. The van der Waals surface area contributed by atoms with Crippen molar-refractivity contribution in [2.75, 3.05) is 6.54 Å². The minimum Gasteiger partial charge on any atom is -0.459 e. The smallest absolute Gasteiger partial charge is 0.407 e. The molecule has 0 aromatic heterocycles. The highest BCUT2D eigenvalue weighted by atomic mass is 35.5. The van der Waals surface area contributed by atoms with Gasteiger partial charge in [-0.15, -0.1) is 12.4 Å². The molecule has 1 atom stereocenters. The average molecular weight is 339 g/mol. The molecule has 0 unspecified atom stereocenters. The number of ether oxygens (including phenoxy) is 2. The highest BCUT2D eigenvalue weighted by molar-refractivity contribution is 5.85. The van der Waals surface area contributed by atoms with Crippen LogP contribution in [0.15, 0.2) is 0 Å². The van der Waals surface area contributed by atoms with Gasteiger partial charge in [-0.1, -0.05) is 0 Å². The van der Waals surface area contributed by atoms with E-state index in [-0.39, 0.29) is 18.4 Å². The third-order valence-electron chi connectivity index (χ3n) is 2.32. The molecular formula is C15H31ClN2O4. The largest absolute Gasteiger partial charge is 0.459 e. The number of nitrogens with one attached hydrogen (secondary N) is 1. The Hall–Kier alpha value is -1.01. The van der Waals surface area contributed by atoms with Gasteiger partial charge in [0.1, 0.15) is 17.2 Å². The lowest BCUT2D eigenvalue weighted by molar-refractivity contribution is -0.156. The molecule has 0 aliphatic rings. The van der Waals surface area contributed by atoms with Crippen LogP contribution in [0.1, 0.15) is 60.8 Å². The highest BCUT2D eigenvalue weighted by Gasteiger charge is 2.21. The monoisotopic (exact) mass is 338 g/mol. The number of unbranched alkanes of at least 4 members (excludes halogenated alkanes) is 1. The summed E-state index contributed by atoms with van der Waals surface area (Å²) < 4.78 is 10.3. The molecular weight excluding hydrogens is 308 g/mol. The molecule has 3 N–H and O–H groups in total. The summed E-state index contributed by atoms with van der Waals surface area (Å²) in [6, 6.07) is -0.620. The summed E-state index contributed by atoms with van der Waals surface area (Å²) in [5.74, 6) is -0.386. The number of nitrogens with two attached hydrogens (primary N) is 1. The molecule has 0 radical (unpaired) electrons. The van der Waals surface area contributed by atoms with E-state index < -0.39 is 23.3 Å². The van der Waals surface area contributed by atoms with Crippen molar-refractivity contribution in [3.05, 3.63) is 0 Å². The molecule has 0 rings (SSSR count). The van der Waals surface area contributed by atoms with Crippen LogP contribution in [0.2, 0.25) is 0 Å². The van der Waals surface area contributed by atoms with Gasteiger partial charge < -0.3 is 20.5 Å². The Morgan fingerprint density at radius 1 is 1.00 bits per heavy atom. The molecule has 7 heteroatoms. The highest BCUT2D eigenvalue weighted by Crippen LogP contribution is 2.10. The molecule has 0 saturated carbocycles. The first-order valence-electron chi connectivity index (χ1n) is 7.36. The zero-order valence-corrected chi connectivity index (χ0v) is 15.3. The van der Waals surface area contributed by atoms with Crippen LogP contribution >= 0.6 is 12.4 Å². The predicted molar refractivity (Wildman–Crippen MR) is 89.2 cm³/mol. The van der Waals surface area contributed by atoms with E-state index in [0.29, 0.717) is 13.0 Å². The lowest BCUT2D eigenvalue weighted by Crippen LogP contribution is -2.37. The van der Waals surface area contributed by atoms with Gasteiger partial charge in [0, 0.05) is 6.54 Å². The number of halogens is 1. The summed E-state index contributed by atoms with van der Waals surface area (Å²) in [5, 5.41) is 2.66. The molecule has 1 amide bonds. The molecule has 0 aromatic rings. The van der Waals surface area contributed by atoms with Crippen LogP contribution in [0.3, 0.4) is 0 Å². The van der Waals surface area contributed by atoms with Crippen molar-refractivity contribution in [1.29, 1.82) is 0 Å². The van der Waals surface area contributed by atoms with Crippen molar-refractivity contribution in [3.63, 3.8) is 0 Å². The minimum absolute atomic E-state index is 0. The Morgan fingerprint density at radius 2 is 1.50 bits per heavy atom. The third kappa shape index (κ3) is 13.9. The Balaban J connectivity index is 0. The van der Waals surface area contributed by atoms with Crippen LogP contribution in [-0.4, -0.2) is 35.9 Å². The number of amides is 1. The van der Waals surface area contributed by atoms with Crippen molar-refractivity contribution < 1.29 is 19.1 Å². The maximum absolute atomic E-state index is 11.7. The van der Waals surface area contributed by atoms with E-state index in [9.17, 15) is 9.59 Å². The van der Waals surface area contributed by atoms with Crippen molar-refractivity contribution in [2.24, 2.45) is 5.73 Å². The quantitative estimate of drug-likeness (QED) is 0.574. The molecule has 6 nitrogen and oxygen atoms in total. The van der Waals surface area contributed by atoms with Gasteiger partial charge in [0.05, 0.1) is 0 Å². The van der Waals surface area contributed by atoms with Gasteiger partial charge in [0.25, 0.3) is 0 Å². The first kappa shape index (κ1) is 23.3. The summed E-state index contributed by atoms with van der Waals surface area (Å²) in [7, 11) is 0. The molecule has 0 aliphatic carbocycles. The summed E-state index contributed by atoms with van der Waals surface area (Å²) in [6.45, 7) is 11.4. The van der Waals surface area contributed by atoms with E-state index in [1.54, 1.807) is 0 Å². The van der Waals surface area contributed by atoms with E-state index in [4.69, 9.17) is 15.2 Å². The van der Waals surface area contributed by atoms with E-state index in [2.05, 4.69) is 5.32 Å². The van der Waals surface area contributed by atoms with E-state index >= 15 is 0 Å². The van der Waals surface area contributed by atoms with Gasteiger partial charge in [-0.2, -0.15) is 0 Å². The van der Waals surface area contributed by atoms with Crippen molar-refractivity contribution in [2.45, 2.75) is 78.0 Å². The number of carbonyl (C=O) groups is 2. The van der Waals surface area contributed by atoms with Crippen molar-refractivity contribution in [1.82, 2.24) is 5.32 Å². The van der Waals surface area contributed by atoms with Crippen LogP contribution in [0.25, 0.3) is 0 Å². The molecule has 0 aliphatic heterocycles. The van der Waals surface area contributed by atoms with Gasteiger partial charge in [0.15, 0.2) is 0 Å². The minimum atomic E-state index is -0.620. The molecule has 0 bridgehead atoms. The van der Waals surface area contributed by atoms with Crippen LogP contribution in [-0.2, 0) is 14.3 Å². The predicted octanol–water partition coefficient (Wildman–Crippen LogP) is 2.77. The second kappa shape index (κ2) is 9.90. The summed E-state index contributed by atoms with van der Waals surface area (Å²) in [5.41, 5.74) is 4.75. The second-order valence-electron chi connectivity index (χ2n) is 7.06. The van der Waals surface area contributed by atoms with E-state index in [1.807, 2.05) is 41.5 Å². The van der Waals surface area contributed by atoms with Gasteiger partial charge >= 0.3 is 12.1 Å². The molecule has 0 heterocycles. The first-order chi connectivity index (χ1) is 9.41. The lowest BCUT2D eigenvalue weighted by Gasteiger charge is -2.22. The standard InChI is InChI=1S/C15H30N2O4.ClH/c1-14(2,3)20-12(18)11(16)9-7-8-10-17-13(19)21-15(4,5)6;/h11H,7-10,16H2,1-6H3,(H,17,19);1H/t11-;/m0./s1. The summed E-state index contributed by atoms with van der Waals surface area (Å²) >= 11 is 0. The second-order valence-corrected chi connectivity index (χ2v) is 7.06. The Morgan fingerprint density at radius 3 is 1.95 bits per heavy atom. The van der Waals surface area contributed by atoms with E-state index in [0.717, 1.165) is 12.8 Å². The fraction of sp³-hybridized carbons (Fsp3) is 0.867. The summed E-state index contributed by atoms with van der Waals surface area (Å²) in [6.07, 6.45) is 1.57. The van der Waals surface area contributed by atoms with Gasteiger partial charge in [-0.25, -0.2) is 4.79 Å². The number of hydrogen-bond donors (Lipinski definition) is 2. The fourth-order valence-corrected chi connectivity index (χ4v) is 1.49. The summed E-state index contributed by atoms with van der Waals surface area (Å²) in [4.78, 5) is 23.0. The number of rotatable bonds is 6. The van der Waals surface area contributed by atoms with Crippen LogP contribution in [0, 0.1) is 0 Å². The van der Waals surface area contributed by atoms with Crippen LogP contribution < -0.4 is 11.1 Å². The maximum Gasteiger partial charge on any atom is 0.407 e. The SMILES string of the molecule is CC(C)(C)OC(=O)NCCCC[C@H](N)C(=O)OC(C)(C)C.Cl. The molecule has 132 valence electrons. The Labute approximate surface area is 139 Å². The van der Waals surface area contributed by atoms with Crippen molar-refractivity contribution >= 4 is 24.5 Å². The molecule has 0 fully saturated rings. The van der Waals surface area contributed by atoms with Crippen LogP contribution in [0.4, 0.5) is 4.79 Å². The zero-order valence-electron chi connectivity index (χ0n) is 14.5. The topological polar surface area (TPSA) is 90.6 Å². The average Bonchev–Trinajstić information content (AvgIpc) is 2.23. The van der Waals surface area contributed by atoms with Crippen LogP contribution in [0.5, 0.6) is 0 Å². The lowest BCUT2D eigenvalue weighted by atomic mass is 10.1. The normalized spacial score (nSPS) is 12.9. The van der Waals surface area contributed by atoms with Crippen molar-refractivity contribution in [3.8, 4) is 0 Å². The number of esters is 1. The first-order valence-corrected chi connectivity index (χ1v) is 7.36. The molecule has 0 saturated heterocycles. The number of alkyl carbamates (subject to hydrolysis) is 1. The van der Waals surface area contributed by atoms with E-state index in [1.165, 1.54) is 0 Å². The van der Waals surface area contributed by atoms with Gasteiger partial charge in [-0.05, 0) is 60.8 Å². The Bertz CT molecular complexity index is 348. The molecule has 22 heavy (non-hydrogen) atoms. The number of hydrogen-bond acceptors (Lipinski definition) is 5. The number of carbonyl (C=O) groups excluding carboxylic acids is 2. The van der Waals surface area contributed by atoms with Gasteiger partial charge in [-0.3, -0.25) is 4.79 Å². The Kier molecular flexibility index (Phi) is 10.5. The molecule has 0 aromatic carbocycles. The fourth-order valence-electron chi connectivity index (χ4n) is 1.49. The zero-order chi connectivity index (χ0) is 16.7.